The molecule has 1 heterocycles. The summed E-state index contributed by atoms with van der Waals surface area (Å²) < 4.78 is 23.5. The quantitative estimate of drug-likeness (QED) is 0.610. The van der Waals surface area contributed by atoms with Gasteiger partial charge in [-0.15, -0.1) is 0 Å². The highest BCUT2D eigenvalue weighted by Gasteiger charge is 2.40. The smallest absolute Gasteiger partial charge is 0.256 e. The van der Waals surface area contributed by atoms with Gasteiger partial charge in [0.2, 0.25) is 10.0 Å². The predicted octanol–water partition coefficient (Wildman–Crippen LogP) is 2.44. The number of carbonyl (C=O) groups is 2. The molecule has 1 aliphatic heterocycles. The molecule has 0 saturated heterocycles. The fourth-order valence-electron chi connectivity index (χ4n) is 3.74. The zero-order chi connectivity index (χ0) is 24.0. The summed E-state index contributed by atoms with van der Waals surface area (Å²) in [6.45, 7) is 1.43. The van der Waals surface area contributed by atoms with Crippen molar-refractivity contribution < 1.29 is 18.0 Å². The molecule has 2 aromatic rings. The van der Waals surface area contributed by atoms with Gasteiger partial charge in [-0.1, -0.05) is 60.7 Å². The number of hydrogen-bond donors (Lipinski definition) is 2. The van der Waals surface area contributed by atoms with Crippen molar-refractivity contribution in [2.45, 2.75) is 12.8 Å². The number of carbonyl (C=O) groups excluding carboxylic acids is 2. The van der Waals surface area contributed by atoms with Crippen molar-refractivity contribution >= 4 is 33.0 Å². The van der Waals surface area contributed by atoms with Crippen LogP contribution in [0.5, 0.6) is 0 Å². The Bertz CT molecular complexity index is 1110. The molecule has 0 bridgehead atoms. The number of rotatable bonds is 7. The number of nitrogens with one attached hydrogen (secondary N) is 2. The lowest BCUT2D eigenvalue weighted by Gasteiger charge is -2.08. The molecule has 7 nitrogen and oxygen atoms in total. The van der Waals surface area contributed by atoms with Gasteiger partial charge < -0.3 is 10.2 Å². The van der Waals surface area contributed by atoms with Crippen molar-refractivity contribution in [3.63, 3.8) is 0 Å². The summed E-state index contributed by atoms with van der Waals surface area (Å²) in [4.78, 5) is 26.9. The fraction of sp³-hybridized carbons (Fsp3) is 0.280. The number of hydrogen-bond acceptors (Lipinski definition) is 5. The molecule has 0 unspecified atom stereocenters. The van der Waals surface area contributed by atoms with Crippen LogP contribution in [0.15, 0.2) is 71.8 Å². The van der Waals surface area contributed by atoms with Crippen LogP contribution < -0.4 is 10.0 Å². The second-order valence-corrected chi connectivity index (χ2v) is 10.0. The Morgan fingerprint density at radius 2 is 1.48 bits per heavy atom. The minimum absolute atomic E-state index is 0.00561. The monoisotopic (exact) mass is 467 g/mol. The van der Waals surface area contributed by atoms with Gasteiger partial charge in [-0.3, -0.25) is 9.59 Å². The maximum absolute atomic E-state index is 12.5. The molecule has 2 N–H and O–H groups in total. The predicted molar refractivity (Wildman–Crippen MR) is 131 cm³/mol. The maximum Gasteiger partial charge on any atom is 0.256 e. The molecule has 0 fully saturated rings. The number of ketones is 1. The molecule has 1 amide bonds. The summed E-state index contributed by atoms with van der Waals surface area (Å²) in [5, 5.41) is 2.86. The van der Waals surface area contributed by atoms with Gasteiger partial charge in [-0.05, 0) is 43.8 Å². The van der Waals surface area contributed by atoms with E-state index < -0.39 is 10.0 Å². The van der Waals surface area contributed by atoms with Crippen molar-refractivity contribution in [3.05, 3.63) is 82.9 Å². The lowest BCUT2D eigenvalue weighted by Crippen LogP contribution is -2.25. The molecule has 2 aromatic carbocycles. The summed E-state index contributed by atoms with van der Waals surface area (Å²) in [5.41, 5.74) is 4.33. The minimum atomic E-state index is -2.99. The van der Waals surface area contributed by atoms with Gasteiger partial charge in [0.25, 0.3) is 5.91 Å². The number of nitrogens with zero attached hydrogens (tertiary/aromatic N) is 1. The Hall–Kier alpha value is -3.07. The third-order valence-electron chi connectivity index (χ3n) is 5.21. The van der Waals surface area contributed by atoms with E-state index in [4.69, 9.17) is 0 Å². The van der Waals surface area contributed by atoms with Crippen LogP contribution in [0.1, 0.15) is 24.0 Å². The number of amides is 1. The first kappa shape index (κ1) is 24.6. The van der Waals surface area contributed by atoms with Gasteiger partial charge in [0.1, 0.15) is 0 Å². The zero-order valence-corrected chi connectivity index (χ0v) is 19.9. The first-order chi connectivity index (χ1) is 15.7. The number of sulfonamides is 1. The standard InChI is InChI=1S/C19H13NO2.C6H16N2O2S/c21-15-11-14(12-7-3-1-4-8-12)16-17(15)18(20-19(16)22)13-9-5-2-6-10-13;1-8(2)6-4-5-7-11(3,9)10/h1-10H,11H2,(H,20,22);7H,4-6H2,1-3H3. The average molecular weight is 468 g/mol. The minimum Gasteiger partial charge on any atom is -0.321 e. The first-order valence-electron chi connectivity index (χ1n) is 10.7. The van der Waals surface area contributed by atoms with Crippen LogP contribution in [0, 0.1) is 0 Å². The lowest BCUT2D eigenvalue weighted by atomic mass is 10.0. The van der Waals surface area contributed by atoms with E-state index in [1.165, 1.54) is 6.26 Å². The molecule has 0 spiro atoms. The van der Waals surface area contributed by atoms with Crippen molar-refractivity contribution in [2.75, 3.05) is 33.4 Å². The number of fused-ring (bicyclic) bond motifs is 1. The van der Waals surface area contributed by atoms with Gasteiger partial charge in [-0.25, -0.2) is 13.1 Å². The van der Waals surface area contributed by atoms with Gasteiger partial charge in [-0.2, -0.15) is 0 Å². The van der Waals surface area contributed by atoms with Crippen molar-refractivity contribution in [1.82, 2.24) is 14.9 Å². The second kappa shape index (κ2) is 10.7. The lowest BCUT2D eigenvalue weighted by molar-refractivity contribution is -0.116. The van der Waals surface area contributed by atoms with Crippen LogP contribution in [0.25, 0.3) is 11.3 Å². The van der Waals surface area contributed by atoms with E-state index in [-0.39, 0.29) is 11.7 Å². The van der Waals surface area contributed by atoms with Crippen molar-refractivity contribution in [2.24, 2.45) is 0 Å². The second-order valence-electron chi connectivity index (χ2n) is 8.21. The van der Waals surface area contributed by atoms with E-state index >= 15 is 0 Å². The van der Waals surface area contributed by atoms with Crippen molar-refractivity contribution in [3.8, 4) is 0 Å². The van der Waals surface area contributed by atoms with Gasteiger partial charge in [0.15, 0.2) is 5.78 Å². The van der Waals surface area contributed by atoms with Gasteiger partial charge in [0.05, 0.1) is 23.1 Å². The molecule has 0 aromatic heterocycles. The number of Topliss-reactive ketones (excluding diaryl/α,β-unsaturated/α-hetero) is 1. The third kappa shape index (κ3) is 6.47. The SMILES string of the molecule is CN(C)CCCNS(C)(=O)=O.O=C1CC(c2ccccc2)=C2C(=O)NC(c3ccccc3)=C12. The van der Waals surface area contributed by atoms with E-state index in [0.29, 0.717) is 29.8 Å². The average Bonchev–Trinajstić information content (AvgIpc) is 3.31. The van der Waals surface area contributed by atoms with Crippen LogP contribution in [0.3, 0.4) is 0 Å². The largest absolute Gasteiger partial charge is 0.321 e. The van der Waals surface area contributed by atoms with E-state index in [2.05, 4.69) is 10.0 Å². The summed E-state index contributed by atoms with van der Waals surface area (Å²) in [5.74, 6) is -0.176. The van der Waals surface area contributed by atoms with E-state index in [1.54, 1.807) is 0 Å². The Morgan fingerprint density at radius 1 is 0.909 bits per heavy atom. The molecule has 2 aliphatic rings. The molecule has 174 valence electrons. The summed E-state index contributed by atoms with van der Waals surface area (Å²) in [6.07, 6.45) is 2.31. The summed E-state index contributed by atoms with van der Waals surface area (Å²) in [7, 11) is 0.927. The third-order valence-corrected chi connectivity index (χ3v) is 5.94. The molecular weight excluding hydrogens is 438 g/mol. The Morgan fingerprint density at radius 3 is 2.03 bits per heavy atom. The number of benzene rings is 2. The van der Waals surface area contributed by atoms with Crippen LogP contribution in [0.2, 0.25) is 0 Å². The molecule has 0 saturated carbocycles. The topological polar surface area (TPSA) is 95.6 Å². The Kier molecular flexibility index (Phi) is 7.97. The fourth-order valence-corrected chi connectivity index (χ4v) is 4.26. The van der Waals surface area contributed by atoms with Crippen LogP contribution >= 0.6 is 0 Å². The van der Waals surface area contributed by atoms with Crippen LogP contribution in [-0.2, 0) is 19.6 Å². The molecule has 33 heavy (non-hydrogen) atoms. The highest BCUT2D eigenvalue weighted by molar-refractivity contribution is 7.88. The maximum atomic E-state index is 12.5. The molecule has 4 rings (SSSR count). The first-order valence-corrected chi connectivity index (χ1v) is 12.6. The molecular formula is C25H29N3O4S. The molecule has 0 radical (unpaired) electrons. The zero-order valence-electron chi connectivity index (χ0n) is 19.1. The van der Waals surface area contributed by atoms with Crippen LogP contribution in [0.4, 0.5) is 0 Å². The van der Waals surface area contributed by atoms with E-state index in [0.717, 1.165) is 29.7 Å². The van der Waals surface area contributed by atoms with E-state index in [1.807, 2.05) is 79.7 Å². The molecule has 1 aliphatic carbocycles. The Balaban J connectivity index is 0.000000239. The van der Waals surface area contributed by atoms with E-state index in [9.17, 15) is 18.0 Å². The van der Waals surface area contributed by atoms with Crippen LogP contribution in [-0.4, -0.2) is 58.4 Å². The Labute approximate surface area is 195 Å². The van der Waals surface area contributed by atoms with Gasteiger partial charge in [0, 0.05) is 13.0 Å². The highest BCUT2D eigenvalue weighted by atomic mass is 32.2. The normalized spacial score (nSPS) is 15.5. The molecule has 8 heteroatoms. The highest BCUT2D eigenvalue weighted by Crippen LogP contribution is 2.41. The van der Waals surface area contributed by atoms with Gasteiger partial charge >= 0.3 is 0 Å². The molecule has 0 atom stereocenters. The summed E-state index contributed by atoms with van der Waals surface area (Å²) in [6, 6.07) is 19.1. The van der Waals surface area contributed by atoms with Crippen molar-refractivity contribution in [1.29, 1.82) is 0 Å². The number of allylic oxidation sites excluding steroid dienone is 1. The summed E-state index contributed by atoms with van der Waals surface area (Å²) >= 11 is 0.